The third-order valence-electron chi connectivity index (χ3n) is 5.38. The van der Waals surface area contributed by atoms with Crippen LogP contribution in [0.5, 0.6) is 0 Å². The second kappa shape index (κ2) is 7.31. The van der Waals surface area contributed by atoms with Crippen LogP contribution >= 0.6 is 0 Å². The largest absolute Gasteiger partial charge is 0.305 e. The van der Waals surface area contributed by atoms with Crippen LogP contribution in [0.3, 0.4) is 0 Å². The first kappa shape index (κ1) is 18.8. The molecule has 0 N–H and O–H groups in total. The van der Waals surface area contributed by atoms with Crippen LogP contribution in [0.1, 0.15) is 32.8 Å². The van der Waals surface area contributed by atoms with Crippen molar-refractivity contribution in [3.05, 3.63) is 78.5 Å². The summed E-state index contributed by atoms with van der Waals surface area (Å²) in [6, 6.07) is 24.9. The van der Waals surface area contributed by atoms with E-state index in [9.17, 15) is 0 Å². The fourth-order valence-electron chi connectivity index (χ4n) is 3.29. The van der Waals surface area contributed by atoms with E-state index < -0.39 is 0 Å². The van der Waals surface area contributed by atoms with Gasteiger partial charge in [-0.1, -0.05) is 74.0 Å². The van der Waals surface area contributed by atoms with E-state index in [0.29, 0.717) is 0 Å². The van der Waals surface area contributed by atoms with Crippen molar-refractivity contribution in [1.29, 1.82) is 0 Å². The Kier molecular flexibility index (Phi) is 5.27. The standard InChI is InChI=1S/C24H22N.Ir/c1-4-24(2,3)20-13-14-25-23(16-20)19-12-11-18-10-9-17-7-5-6-8-21(17)22(18)15-19;/h5-11,13-16H,4H2,1-3H3;/q-1;. The molecule has 0 saturated heterocycles. The predicted molar refractivity (Wildman–Crippen MR) is 107 cm³/mol. The van der Waals surface area contributed by atoms with Gasteiger partial charge in [-0.2, -0.15) is 0 Å². The summed E-state index contributed by atoms with van der Waals surface area (Å²) in [7, 11) is 0. The van der Waals surface area contributed by atoms with Gasteiger partial charge in [-0.3, -0.25) is 0 Å². The van der Waals surface area contributed by atoms with Crippen LogP contribution in [0.4, 0.5) is 0 Å². The molecule has 0 unspecified atom stereocenters. The Morgan fingerprint density at radius 2 is 1.69 bits per heavy atom. The normalized spacial score (nSPS) is 11.5. The van der Waals surface area contributed by atoms with E-state index >= 15 is 0 Å². The van der Waals surface area contributed by atoms with Crippen LogP contribution in [0.15, 0.2) is 66.9 Å². The number of benzene rings is 3. The third-order valence-corrected chi connectivity index (χ3v) is 5.38. The summed E-state index contributed by atoms with van der Waals surface area (Å²) in [5.41, 5.74) is 3.53. The van der Waals surface area contributed by atoms with Crippen LogP contribution in [0.2, 0.25) is 0 Å². The number of nitrogens with zero attached hydrogens (tertiary/aromatic N) is 1. The summed E-state index contributed by atoms with van der Waals surface area (Å²) in [4.78, 5) is 4.61. The van der Waals surface area contributed by atoms with Gasteiger partial charge < -0.3 is 4.98 Å². The molecule has 0 amide bonds. The van der Waals surface area contributed by atoms with E-state index in [-0.39, 0.29) is 25.5 Å². The fraction of sp³-hybridized carbons (Fsp3) is 0.208. The van der Waals surface area contributed by atoms with Crippen molar-refractivity contribution >= 4 is 21.5 Å². The Morgan fingerprint density at radius 3 is 2.50 bits per heavy atom. The van der Waals surface area contributed by atoms with E-state index in [2.05, 4.69) is 92.5 Å². The summed E-state index contributed by atoms with van der Waals surface area (Å²) in [5.74, 6) is 0. The minimum atomic E-state index is 0. The van der Waals surface area contributed by atoms with Crippen molar-refractivity contribution in [3.63, 3.8) is 0 Å². The van der Waals surface area contributed by atoms with Gasteiger partial charge in [0.15, 0.2) is 0 Å². The molecule has 1 aromatic heterocycles. The molecule has 3 aromatic carbocycles. The SMILES string of the molecule is CCC(C)(C)c1ccnc(-c2[c-]cc3ccc4ccccc4c3c2)c1.[Ir]. The second-order valence-corrected chi connectivity index (χ2v) is 7.30. The van der Waals surface area contributed by atoms with Gasteiger partial charge in [0.2, 0.25) is 0 Å². The van der Waals surface area contributed by atoms with Gasteiger partial charge in [0, 0.05) is 26.3 Å². The van der Waals surface area contributed by atoms with Crippen molar-refractivity contribution in [3.8, 4) is 11.3 Å². The molecular formula is C24H22IrN-. The van der Waals surface area contributed by atoms with Gasteiger partial charge in [0.25, 0.3) is 0 Å². The molecule has 0 fully saturated rings. The maximum atomic E-state index is 4.61. The minimum absolute atomic E-state index is 0. The van der Waals surface area contributed by atoms with Crippen molar-refractivity contribution < 1.29 is 20.1 Å². The summed E-state index contributed by atoms with van der Waals surface area (Å²) < 4.78 is 0. The quantitative estimate of drug-likeness (QED) is 0.223. The van der Waals surface area contributed by atoms with Gasteiger partial charge in [-0.15, -0.1) is 23.8 Å². The van der Waals surface area contributed by atoms with Crippen LogP contribution in [0.25, 0.3) is 32.8 Å². The molecule has 0 atom stereocenters. The van der Waals surface area contributed by atoms with E-state index in [1.807, 2.05) is 6.20 Å². The fourth-order valence-corrected chi connectivity index (χ4v) is 3.29. The molecule has 0 aliphatic heterocycles. The van der Waals surface area contributed by atoms with Crippen LogP contribution in [-0.4, -0.2) is 4.98 Å². The number of pyridine rings is 1. The van der Waals surface area contributed by atoms with Gasteiger partial charge in [-0.05, 0) is 39.9 Å². The van der Waals surface area contributed by atoms with Crippen molar-refractivity contribution in [1.82, 2.24) is 4.98 Å². The summed E-state index contributed by atoms with van der Waals surface area (Å²) >= 11 is 0. The van der Waals surface area contributed by atoms with Crippen molar-refractivity contribution in [2.75, 3.05) is 0 Å². The van der Waals surface area contributed by atoms with Gasteiger partial charge in [-0.25, -0.2) is 0 Å². The zero-order valence-corrected chi connectivity index (χ0v) is 17.7. The molecule has 4 aromatic rings. The summed E-state index contributed by atoms with van der Waals surface area (Å²) in [6.07, 6.45) is 3.02. The average Bonchev–Trinajstić information content (AvgIpc) is 2.67. The molecule has 0 aliphatic rings. The monoisotopic (exact) mass is 517 g/mol. The summed E-state index contributed by atoms with van der Waals surface area (Å²) in [6.45, 7) is 6.79. The smallest absolute Gasteiger partial charge is 0.0163 e. The van der Waals surface area contributed by atoms with Gasteiger partial charge >= 0.3 is 0 Å². The van der Waals surface area contributed by atoms with E-state index in [0.717, 1.165) is 17.7 Å². The number of rotatable bonds is 3. The molecule has 1 radical (unpaired) electrons. The van der Waals surface area contributed by atoms with Crippen molar-refractivity contribution in [2.24, 2.45) is 0 Å². The maximum absolute atomic E-state index is 4.61. The number of hydrogen-bond donors (Lipinski definition) is 0. The first-order valence-corrected chi connectivity index (χ1v) is 8.88. The molecule has 26 heavy (non-hydrogen) atoms. The maximum Gasteiger partial charge on any atom is 0.0163 e. The first-order chi connectivity index (χ1) is 12.1. The molecule has 1 nitrogen and oxygen atoms in total. The van der Waals surface area contributed by atoms with Gasteiger partial charge in [0.1, 0.15) is 0 Å². The first-order valence-electron chi connectivity index (χ1n) is 8.88. The molecular weight excluding hydrogens is 494 g/mol. The van der Waals surface area contributed by atoms with Crippen LogP contribution < -0.4 is 0 Å². The molecule has 0 aliphatic carbocycles. The Hall–Kier alpha value is -2.02. The average molecular weight is 517 g/mol. The Morgan fingerprint density at radius 1 is 0.923 bits per heavy atom. The van der Waals surface area contributed by atoms with E-state index in [1.54, 1.807) is 0 Å². The number of hydrogen-bond acceptors (Lipinski definition) is 1. The number of fused-ring (bicyclic) bond motifs is 3. The predicted octanol–water partition coefficient (Wildman–Crippen LogP) is 6.54. The van der Waals surface area contributed by atoms with Crippen molar-refractivity contribution in [2.45, 2.75) is 32.6 Å². The zero-order valence-electron chi connectivity index (χ0n) is 15.3. The van der Waals surface area contributed by atoms with Gasteiger partial charge in [0.05, 0.1) is 0 Å². The Balaban J connectivity index is 0.00000196. The second-order valence-electron chi connectivity index (χ2n) is 7.30. The molecule has 133 valence electrons. The minimum Gasteiger partial charge on any atom is -0.305 e. The van der Waals surface area contributed by atoms with Crippen LogP contribution in [0, 0.1) is 6.07 Å². The molecule has 0 saturated carbocycles. The molecule has 1 heterocycles. The molecule has 2 heteroatoms. The Labute approximate surface area is 168 Å². The number of aromatic nitrogens is 1. The van der Waals surface area contributed by atoms with E-state index in [1.165, 1.54) is 27.1 Å². The molecule has 0 bridgehead atoms. The molecule has 0 spiro atoms. The van der Waals surface area contributed by atoms with Crippen LogP contribution in [-0.2, 0) is 25.5 Å². The topological polar surface area (TPSA) is 12.9 Å². The summed E-state index contributed by atoms with van der Waals surface area (Å²) in [5, 5.41) is 5.02. The zero-order chi connectivity index (χ0) is 17.4. The Bertz CT molecular complexity index is 1070. The third kappa shape index (κ3) is 3.32. The van der Waals surface area contributed by atoms with E-state index in [4.69, 9.17) is 0 Å². The molecule has 4 rings (SSSR count).